The first kappa shape index (κ1) is 21.8. The normalized spacial score (nSPS) is 15.2. The Morgan fingerprint density at radius 3 is 2.43 bits per heavy atom. The van der Waals surface area contributed by atoms with E-state index in [0.29, 0.717) is 5.75 Å². The lowest BCUT2D eigenvalue weighted by atomic mass is 10.0. The summed E-state index contributed by atoms with van der Waals surface area (Å²) in [5.74, 6) is -0.285. The van der Waals surface area contributed by atoms with Crippen molar-refractivity contribution in [3.05, 3.63) is 58.1 Å². The predicted octanol–water partition coefficient (Wildman–Crippen LogP) is 4.75. The molecule has 0 bridgehead atoms. The van der Waals surface area contributed by atoms with Crippen molar-refractivity contribution in [1.29, 1.82) is 5.26 Å². The van der Waals surface area contributed by atoms with Crippen molar-refractivity contribution in [2.75, 3.05) is 13.1 Å². The molecule has 1 saturated heterocycles. The summed E-state index contributed by atoms with van der Waals surface area (Å²) >= 11 is 6.15. The Hall–Kier alpha value is -2.92. The number of alkyl halides is 3. The largest absolute Gasteiger partial charge is 0.487 e. The number of carbonyl (C=O) groups excluding carboxylic acids is 1. The van der Waals surface area contributed by atoms with E-state index in [9.17, 15) is 18.0 Å². The molecule has 1 amide bonds. The van der Waals surface area contributed by atoms with Crippen LogP contribution in [0.1, 0.15) is 28.4 Å². The molecule has 0 N–H and O–H groups in total. The van der Waals surface area contributed by atoms with Crippen LogP contribution in [0.15, 0.2) is 36.4 Å². The van der Waals surface area contributed by atoms with E-state index in [-0.39, 0.29) is 41.1 Å². The molecule has 0 radical (unpaired) electrons. The van der Waals surface area contributed by atoms with Crippen LogP contribution in [-0.2, 0) is 0 Å². The van der Waals surface area contributed by atoms with Gasteiger partial charge in [0, 0.05) is 0 Å². The van der Waals surface area contributed by atoms with Gasteiger partial charge in [-0.2, -0.15) is 18.4 Å². The molecule has 1 unspecified atom stereocenters. The molecule has 9 heteroatoms. The van der Waals surface area contributed by atoms with Gasteiger partial charge in [-0.1, -0.05) is 29.3 Å². The summed E-state index contributed by atoms with van der Waals surface area (Å²) in [6.07, 6.45) is -7.03. The monoisotopic (exact) mass is 438 g/mol. The first-order valence-electron chi connectivity index (χ1n) is 9.08. The quantitative estimate of drug-likeness (QED) is 0.675. The van der Waals surface area contributed by atoms with Crippen molar-refractivity contribution in [3.8, 4) is 17.6 Å². The lowest BCUT2D eigenvalue weighted by Crippen LogP contribution is -2.56. The maximum atomic E-state index is 12.9. The third kappa shape index (κ3) is 4.62. The molecule has 1 aliphatic rings. The zero-order valence-electron chi connectivity index (χ0n) is 16.2. The summed E-state index contributed by atoms with van der Waals surface area (Å²) in [5.41, 5.74) is 0.793. The van der Waals surface area contributed by atoms with Gasteiger partial charge < -0.3 is 14.4 Å². The zero-order chi connectivity index (χ0) is 22.1. The van der Waals surface area contributed by atoms with Gasteiger partial charge in [0.2, 0.25) is 0 Å². The molecule has 0 aromatic heterocycles. The lowest BCUT2D eigenvalue weighted by Gasteiger charge is -2.39. The highest BCUT2D eigenvalue weighted by molar-refractivity contribution is 6.35. The van der Waals surface area contributed by atoms with Crippen molar-refractivity contribution < 1.29 is 27.4 Å². The lowest BCUT2D eigenvalue weighted by molar-refractivity contribution is -0.189. The molecular weight excluding hydrogens is 421 g/mol. The van der Waals surface area contributed by atoms with Crippen LogP contribution in [-0.4, -0.2) is 42.3 Å². The number of likely N-dealkylation sites (tertiary alicyclic amines) is 1. The van der Waals surface area contributed by atoms with Crippen LogP contribution >= 0.6 is 11.6 Å². The van der Waals surface area contributed by atoms with E-state index in [4.69, 9.17) is 26.3 Å². The number of nitriles is 1. The molecule has 3 rings (SSSR count). The number of amides is 1. The van der Waals surface area contributed by atoms with Crippen LogP contribution in [0.3, 0.4) is 0 Å². The highest BCUT2D eigenvalue weighted by Crippen LogP contribution is 2.35. The van der Waals surface area contributed by atoms with Crippen LogP contribution < -0.4 is 9.47 Å². The number of ether oxygens (including phenoxy) is 2. The van der Waals surface area contributed by atoms with Gasteiger partial charge in [-0.15, -0.1) is 0 Å². The third-order valence-electron chi connectivity index (χ3n) is 4.66. The molecule has 1 aliphatic heterocycles. The van der Waals surface area contributed by atoms with E-state index in [1.54, 1.807) is 0 Å². The Morgan fingerprint density at radius 2 is 1.87 bits per heavy atom. The van der Waals surface area contributed by atoms with Gasteiger partial charge in [0.1, 0.15) is 29.2 Å². The highest BCUT2D eigenvalue weighted by Gasteiger charge is 2.40. The topological polar surface area (TPSA) is 62.6 Å². The Bertz CT molecular complexity index is 981. The Morgan fingerprint density at radius 1 is 1.23 bits per heavy atom. The molecular formula is C21H18ClF3N2O3. The number of benzene rings is 2. The van der Waals surface area contributed by atoms with Crippen LogP contribution in [0.5, 0.6) is 11.5 Å². The SMILES string of the molecule is Cc1ccc(OC2CN(C(=O)c3c(OC(C)C(F)(F)F)ccc(C#N)c3Cl)C2)cc1. The third-order valence-corrected chi connectivity index (χ3v) is 5.05. The van der Waals surface area contributed by atoms with Gasteiger partial charge in [-0.3, -0.25) is 4.79 Å². The fraction of sp³-hybridized carbons (Fsp3) is 0.333. The number of rotatable bonds is 5. The average Bonchev–Trinajstić information content (AvgIpc) is 2.65. The summed E-state index contributed by atoms with van der Waals surface area (Å²) < 4.78 is 49.5. The Balaban J connectivity index is 1.76. The minimum absolute atomic E-state index is 0.0278. The molecule has 1 heterocycles. The minimum Gasteiger partial charge on any atom is -0.487 e. The smallest absolute Gasteiger partial charge is 0.425 e. The van der Waals surface area contributed by atoms with Gasteiger partial charge in [0.25, 0.3) is 5.91 Å². The second-order valence-corrected chi connectivity index (χ2v) is 7.35. The highest BCUT2D eigenvalue weighted by atomic mass is 35.5. The fourth-order valence-electron chi connectivity index (χ4n) is 2.85. The molecule has 0 spiro atoms. The van der Waals surface area contributed by atoms with Crippen molar-refractivity contribution in [2.45, 2.75) is 32.2 Å². The number of aryl methyl sites for hydroxylation is 1. The first-order chi connectivity index (χ1) is 14.1. The predicted molar refractivity (Wildman–Crippen MR) is 104 cm³/mol. The van der Waals surface area contributed by atoms with Crippen LogP contribution in [0, 0.1) is 18.3 Å². The van der Waals surface area contributed by atoms with E-state index in [1.165, 1.54) is 11.0 Å². The second kappa shape index (κ2) is 8.44. The number of carbonyl (C=O) groups is 1. The summed E-state index contributed by atoms with van der Waals surface area (Å²) in [4.78, 5) is 14.3. The Kier molecular flexibility index (Phi) is 6.13. The average molecular weight is 439 g/mol. The summed E-state index contributed by atoms with van der Waals surface area (Å²) in [7, 11) is 0. The van der Waals surface area contributed by atoms with E-state index < -0.39 is 18.2 Å². The second-order valence-electron chi connectivity index (χ2n) is 6.98. The molecule has 158 valence electrons. The van der Waals surface area contributed by atoms with Gasteiger partial charge in [0.15, 0.2) is 6.10 Å². The molecule has 1 fully saturated rings. The van der Waals surface area contributed by atoms with Gasteiger partial charge in [-0.25, -0.2) is 0 Å². The van der Waals surface area contributed by atoms with E-state index in [2.05, 4.69) is 0 Å². The van der Waals surface area contributed by atoms with Crippen LogP contribution in [0.4, 0.5) is 13.2 Å². The van der Waals surface area contributed by atoms with Crippen molar-refractivity contribution in [2.24, 2.45) is 0 Å². The van der Waals surface area contributed by atoms with E-state index in [0.717, 1.165) is 18.6 Å². The molecule has 5 nitrogen and oxygen atoms in total. The zero-order valence-corrected chi connectivity index (χ0v) is 16.9. The first-order valence-corrected chi connectivity index (χ1v) is 9.46. The van der Waals surface area contributed by atoms with Crippen molar-refractivity contribution >= 4 is 17.5 Å². The molecule has 0 saturated carbocycles. The summed E-state index contributed by atoms with van der Waals surface area (Å²) in [6.45, 7) is 3.24. The van der Waals surface area contributed by atoms with Gasteiger partial charge >= 0.3 is 6.18 Å². The molecule has 0 aliphatic carbocycles. The number of hydrogen-bond acceptors (Lipinski definition) is 4. The molecule has 1 atom stereocenters. The molecule has 30 heavy (non-hydrogen) atoms. The molecule has 2 aromatic rings. The minimum atomic E-state index is -4.62. The summed E-state index contributed by atoms with van der Waals surface area (Å²) in [6, 6.07) is 11.6. The fourth-order valence-corrected chi connectivity index (χ4v) is 3.12. The van der Waals surface area contributed by atoms with Crippen LogP contribution in [0.2, 0.25) is 5.02 Å². The van der Waals surface area contributed by atoms with E-state index in [1.807, 2.05) is 37.3 Å². The Labute approximate surface area is 176 Å². The van der Waals surface area contributed by atoms with Gasteiger partial charge in [-0.05, 0) is 38.1 Å². The van der Waals surface area contributed by atoms with Gasteiger partial charge in [0.05, 0.1) is 23.7 Å². The number of hydrogen-bond donors (Lipinski definition) is 0. The number of halogens is 4. The summed E-state index contributed by atoms with van der Waals surface area (Å²) in [5, 5.41) is 8.92. The number of nitrogens with zero attached hydrogens (tertiary/aromatic N) is 2. The van der Waals surface area contributed by atoms with E-state index >= 15 is 0 Å². The molecule has 2 aromatic carbocycles. The maximum absolute atomic E-state index is 12.9. The standard InChI is InChI=1S/C21H18ClF3N2O3/c1-12-3-6-15(7-4-12)30-16-10-27(11-16)20(28)18-17(29-13(2)21(23,24)25)8-5-14(9-26)19(18)22/h3-8,13,16H,10-11H2,1-2H3. The van der Waals surface area contributed by atoms with Crippen LogP contribution in [0.25, 0.3) is 0 Å². The van der Waals surface area contributed by atoms with Crippen molar-refractivity contribution in [3.63, 3.8) is 0 Å². The van der Waals surface area contributed by atoms with Crippen molar-refractivity contribution in [1.82, 2.24) is 4.90 Å². The maximum Gasteiger partial charge on any atom is 0.425 e.